The van der Waals surface area contributed by atoms with Crippen molar-refractivity contribution < 1.29 is 22.8 Å². The van der Waals surface area contributed by atoms with Crippen molar-refractivity contribution in [3.8, 4) is 0 Å². The highest BCUT2D eigenvalue weighted by molar-refractivity contribution is 6.64. The van der Waals surface area contributed by atoms with E-state index in [1.54, 1.807) is 0 Å². The lowest BCUT2D eigenvalue weighted by Crippen LogP contribution is -2.55. The molecule has 0 aliphatic carbocycles. The Labute approximate surface area is 117 Å². The van der Waals surface area contributed by atoms with Crippen LogP contribution in [0.5, 0.6) is 0 Å². The molecule has 1 saturated heterocycles. The van der Waals surface area contributed by atoms with E-state index in [4.69, 9.17) is 22.8 Å². The maximum atomic E-state index is 6.08. The van der Waals surface area contributed by atoms with Crippen LogP contribution in [-0.4, -0.2) is 47.6 Å². The van der Waals surface area contributed by atoms with E-state index in [0.29, 0.717) is 19.8 Å². The average Bonchev–Trinajstić information content (AvgIpc) is 3.09. The van der Waals surface area contributed by atoms with Gasteiger partial charge in [-0.05, 0) is 20.8 Å². The van der Waals surface area contributed by atoms with Crippen molar-refractivity contribution in [3.05, 3.63) is 0 Å². The van der Waals surface area contributed by atoms with E-state index in [2.05, 4.69) is 20.8 Å². The first-order valence-electron chi connectivity index (χ1n) is 7.03. The Kier molecular flexibility index (Phi) is 6.42. The van der Waals surface area contributed by atoms with Crippen LogP contribution in [0.25, 0.3) is 0 Å². The van der Waals surface area contributed by atoms with E-state index >= 15 is 0 Å². The van der Waals surface area contributed by atoms with Crippen LogP contribution in [0.3, 0.4) is 0 Å². The van der Waals surface area contributed by atoms with Crippen LogP contribution in [0.15, 0.2) is 0 Å². The Morgan fingerprint density at radius 3 is 2.11 bits per heavy atom. The van der Waals surface area contributed by atoms with Crippen molar-refractivity contribution >= 4 is 8.80 Å². The molecule has 0 radical (unpaired) electrons. The molecule has 114 valence electrons. The second-order valence-electron chi connectivity index (χ2n) is 5.65. The van der Waals surface area contributed by atoms with Gasteiger partial charge in [-0.25, -0.2) is 0 Å². The van der Waals surface area contributed by atoms with E-state index in [9.17, 15) is 0 Å². The number of rotatable bonds is 9. The standard InChI is InChI=1S/C13H28O5Si/c1-7-16-19(17-8-2,13(4,5)6)18-11(3)14-9-12-10-15-12/h11-12H,7-10H2,1-6H3. The molecule has 0 spiro atoms. The Balaban J connectivity index is 2.63. The molecule has 19 heavy (non-hydrogen) atoms. The van der Waals surface area contributed by atoms with Crippen molar-refractivity contribution in [1.82, 2.24) is 0 Å². The molecule has 0 N–H and O–H groups in total. The molecule has 2 atom stereocenters. The van der Waals surface area contributed by atoms with Crippen LogP contribution in [0.4, 0.5) is 0 Å². The first-order valence-corrected chi connectivity index (χ1v) is 8.76. The molecule has 0 aromatic carbocycles. The predicted octanol–water partition coefficient (Wildman–Crippen LogP) is 2.58. The summed E-state index contributed by atoms with van der Waals surface area (Å²) in [4.78, 5) is 0. The van der Waals surface area contributed by atoms with E-state index in [1.807, 2.05) is 20.8 Å². The maximum absolute atomic E-state index is 6.08. The van der Waals surface area contributed by atoms with Crippen molar-refractivity contribution in [2.45, 2.75) is 59.0 Å². The van der Waals surface area contributed by atoms with Gasteiger partial charge < -0.3 is 22.8 Å². The van der Waals surface area contributed by atoms with E-state index in [-0.39, 0.29) is 17.4 Å². The Morgan fingerprint density at radius 2 is 1.74 bits per heavy atom. The van der Waals surface area contributed by atoms with Crippen LogP contribution in [-0.2, 0) is 22.8 Å². The number of hydrogen-bond acceptors (Lipinski definition) is 5. The van der Waals surface area contributed by atoms with Crippen LogP contribution in [0, 0.1) is 0 Å². The third-order valence-electron chi connectivity index (χ3n) is 2.83. The van der Waals surface area contributed by atoms with Gasteiger partial charge in [0.15, 0.2) is 0 Å². The fourth-order valence-electron chi connectivity index (χ4n) is 1.76. The fourth-order valence-corrected chi connectivity index (χ4v) is 4.46. The first kappa shape index (κ1) is 17.1. The summed E-state index contributed by atoms with van der Waals surface area (Å²) in [6, 6.07) is 0. The second kappa shape index (κ2) is 7.15. The molecule has 0 aromatic rings. The minimum absolute atomic E-state index is 0.188. The third-order valence-corrected chi connectivity index (χ3v) is 6.64. The molecule has 5 nitrogen and oxygen atoms in total. The largest absolute Gasteiger partial charge is 0.508 e. The fraction of sp³-hybridized carbons (Fsp3) is 1.00. The van der Waals surface area contributed by atoms with Crippen LogP contribution < -0.4 is 0 Å². The van der Waals surface area contributed by atoms with E-state index in [1.165, 1.54) is 0 Å². The van der Waals surface area contributed by atoms with Crippen molar-refractivity contribution in [2.75, 3.05) is 26.4 Å². The molecule has 2 unspecified atom stereocenters. The number of ether oxygens (including phenoxy) is 2. The lowest BCUT2D eigenvalue weighted by Gasteiger charge is -2.40. The molecule has 1 aliphatic rings. The Morgan fingerprint density at radius 1 is 1.21 bits per heavy atom. The molecule has 1 fully saturated rings. The van der Waals surface area contributed by atoms with Crippen LogP contribution in [0.1, 0.15) is 41.5 Å². The first-order chi connectivity index (χ1) is 8.84. The van der Waals surface area contributed by atoms with E-state index < -0.39 is 8.80 Å². The molecular formula is C13H28O5Si. The predicted molar refractivity (Wildman–Crippen MR) is 75.0 cm³/mol. The monoisotopic (exact) mass is 292 g/mol. The summed E-state index contributed by atoms with van der Waals surface area (Å²) in [6.07, 6.45) is -0.121. The maximum Gasteiger partial charge on any atom is 0.508 e. The molecule has 1 rings (SSSR count). The highest BCUT2D eigenvalue weighted by Gasteiger charge is 2.54. The molecular weight excluding hydrogens is 264 g/mol. The summed E-state index contributed by atoms with van der Waals surface area (Å²) in [6.45, 7) is 14.5. The highest BCUT2D eigenvalue weighted by Crippen LogP contribution is 2.39. The second-order valence-corrected chi connectivity index (χ2v) is 9.07. The molecule has 6 heteroatoms. The van der Waals surface area contributed by atoms with Gasteiger partial charge in [0.25, 0.3) is 0 Å². The van der Waals surface area contributed by atoms with Crippen molar-refractivity contribution in [2.24, 2.45) is 0 Å². The summed E-state index contributed by atoms with van der Waals surface area (Å²) in [5, 5.41) is -0.188. The SMILES string of the molecule is CCO[Si](OCC)(OC(C)OCC1CO1)C(C)(C)C. The van der Waals surface area contributed by atoms with Crippen LogP contribution in [0.2, 0.25) is 5.04 Å². The van der Waals surface area contributed by atoms with E-state index in [0.717, 1.165) is 6.61 Å². The lowest BCUT2D eigenvalue weighted by molar-refractivity contribution is -0.116. The summed E-state index contributed by atoms with van der Waals surface area (Å²) in [5.41, 5.74) is 0. The zero-order valence-electron chi connectivity index (χ0n) is 13.0. The Bertz CT molecular complexity index is 256. The van der Waals surface area contributed by atoms with Crippen molar-refractivity contribution in [3.63, 3.8) is 0 Å². The zero-order chi connectivity index (χ0) is 14.5. The van der Waals surface area contributed by atoms with Gasteiger partial charge in [-0.1, -0.05) is 20.8 Å². The molecule has 0 bridgehead atoms. The molecule has 0 saturated carbocycles. The molecule has 0 amide bonds. The molecule has 0 aromatic heterocycles. The van der Waals surface area contributed by atoms with Gasteiger partial charge in [0.05, 0.1) is 13.2 Å². The van der Waals surface area contributed by atoms with Gasteiger partial charge in [0, 0.05) is 18.3 Å². The number of epoxide rings is 1. The smallest absolute Gasteiger partial charge is 0.373 e. The lowest BCUT2D eigenvalue weighted by atomic mass is 10.3. The van der Waals surface area contributed by atoms with Gasteiger partial charge in [-0.3, -0.25) is 0 Å². The van der Waals surface area contributed by atoms with Crippen LogP contribution >= 0.6 is 0 Å². The highest BCUT2D eigenvalue weighted by atomic mass is 28.4. The molecule has 1 aliphatic heterocycles. The normalized spacial score (nSPS) is 21.5. The average molecular weight is 292 g/mol. The zero-order valence-corrected chi connectivity index (χ0v) is 14.0. The molecule has 1 heterocycles. The number of hydrogen-bond donors (Lipinski definition) is 0. The minimum atomic E-state index is -2.78. The summed E-state index contributed by atoms with van der Waals surface area (Å²) >= 11 is 0. The minimum Gasteiger partial charge on any atom is -0.373 e. The van der Waals surface area contributed by atoms with Gasteiger partial charge in [-0.2, -0.15) is 0 Å². The van der Waals surface area contributed by atoms with Crippen molar-refractivity contribution in [1.29, 1.82) is 0 Å². The topological polar surface area (TPSA) is 49.5 Å². The third kappa shape index (κ3) is 5.13. The quantitative estimate of drug-likeness (QED) is 0.371. The summed E-state index contributed by atoms with van der Waals surface area (Å²) in [7, 11) is -2.78. The Hall–Kier alpha value is 0.0169. The van der Waals surface area contributed by atoms with Gasteiger partial charge >= 0.3 is 8.80 Å². The summed E-state index contributed by atoms with van der Waals surface area (Å²) in [5.74, 6) is 0. The summed E-state index contributed by atoms with van der Waals surface area (Å²) < 4.78 is 28.7. The van der Waals surface area contributed by atoms with Gasteiger partial charge in [0.2, 0.25) is 0 Å². The van der Waals surface area contributed by atoms with Gasteiger partial charge in [-0.15, -0.1) is 0 Å². The van der Waals surface area contributed by atoms with Gasteiger partial charge in [0.1, 0.15) is 12.4 Å².